The summed E-state index contributed by atoms with van der Waals surface area (Å²) in [6.45, 7) is 7.04. The topological polar surface area (TPSA) is 52.3 Å². The molecule has 3 unspecified atom stereocenters. The average Bonchev–Trinajstić information content (AvgIpc) is 3.11. The molecule has 0 spiro atoms. The van der Waals surface area contributed by atoms with Crippen LogP contribution in [0.15, 0.2) is 24.3 Å². The summed E-state index contributed by atoms with van der Waals surface area (Å²) in [4.78, 5) is 13.5. The van der Waals surface area contributed by atoms with Crippen LogP contribution in [-0.4, -0.2) is 18.4 Å². The van der Waals surface area contributed by atoms with Crippen LogP contribution in [0.4, 0.5) is 0 Å². The molecule has 0 radical (unpaired) electrons. The molecule has 30 heavy (non-hydrogen) atoms. The van der Waals surface area contributed by atoms with Gasteiger partial charge in [0.1, 0.15) is 5.75 Å². The summed E-state index contributed by atoms with van der Waals surface area (Å²) in [5, 5.41) is 0. The molecule has 1 aromatic rings. The van der Waals surface area contributed by atoms with E-state index in [9.17, 15) is 4.79 Å². The Morgan fingerprint density at radius 3 is 2.43 bits per heavy atom. The van der Waals surface area contributed by atoms with Crippen LogP contribution in [0.2, 0.25) is 0 Å². The third kappa shape index (κ3) is 3.32. The van der Waals surface area contributed by atoms with Crippen LogP contribution in [0.25, 0.3) is 0 Å². The molecule has 3 nitrogen and oxygen atoms in total. The van der Waals surface area contributed by atoms with E-state index in [4.69, 9.17) is 10.5 Å². The number of hydrogen-bond donors (Lipinski definition) is 1. The SMILES string of the molecule is CCC[C@@]1(N)C(CC)CC[C@@H]2C1CC[C@@]1(C)C2CC[C@@H]1C(=O)c1ccc(OC)cc1. The summed E-state index contributed by atoms with van der Waals surface area (Å²) in [6.07, 6.45) is 10.7. The molecule has 3 aliphatic carbocycles. The summed E-state index contributed by atoms with van der Waals surface area (Å²) in [5.41, 5.74) is 8.22. The monoisotopic (exact) mass is 411 g/mol. The maximum absolute atomic E-state index is 13.5. The van der Waals surface area contributed by atoms with Crippen LogP contribution in [0.3, 0.4) is 0 Å². The number of Topliss-reactive ketones (excluding diaryl/α,β-unsaturated/α-hetero) is 1. The second kappa shape index (κ2) is 8.30. The lowest BCUT2D eigenvalue weighted by Crippen LogP contribution is -2.62. The summed E-state index contributed by atoms with van der Waals surface area (Å²) < 4.78 is 5.27. The summed E-state index contributed by atoms with van der Waals surface area (Å²) in [5.74, 6) is 3.98. The van der Waals surface area contributed by atoms with E-state index >= 15 is 0 Å². The molecule has 166 valence electrons. The molecule has 3 heteroatoms. The molecule has 3 fully saturated rings. The van der Waals surface area contributed by atoms with Gasteiger partial charge in [0.25, 0.3) is 0 Å². The number of ketones is 1. The Morgan fingerprint density at radius 1 is 1.07 bits per heavy atom. The molecule has 2 N–H and O–H groups in total. The van der Waals surface area contributed by atoms with Crippen molar-refractivity contribution in [3.05, 3.63) is 29.8 Å². The zero-order valence-electron chi connectivity index (χ0n) is 19.5. The first-order valence-corrected chi connectivity index (χ1v) is 12.4. The quantitative estimate of drug-likeness (QED) is 0.563. The highest BCUT2D eigenvalue weighted by Gasteiger charge is 2.60. The van der Waals surface area contributed by atoms with Crippen molar-refractivity contribution in [2.75, 3.05) is 7.11 Å². The van der Waals surface area contributed by atoms with Crippen molar-refractivity contribution in [3.63, 3.8) is 0 Å². The molecule has 3 aliphatic rings. The maximum atomic E-state index is 13.5. The fraction of sp³-hybridized carbons (Fsp3) is 0.741. The molecule has 4 rings (SSSR count). The summed E-state index contributed by atoms with van der Waals surface area (Å²) in [7, 11) is 1.67. The minimum absolute atomic E-state index is 0.00578. The van der Waals surface area contributed by atoms with E-state index in [1.165, 1.54) is 38.5 Å². The largest absolute Gasteiger partial charge is 0.497 e. The number of benzene rings is 1. The van der Waals surface area contributed by atoms with Crippen molar-refractivity contribution >= 4 is 5.78 Å². The first-order valence-electron chi connectivity index (χ1n) is 12.4. The van der Waals surface area contributed by atoms with Gasteiger partial charge in [-0.1, -0.05) is 33.6 Å². The number of ether oxygens (including phenoxy) is 1. The van der Waals surface area contributed by atoms with Crippen molar-refractivity contribution in [2.24, 2.45) is 40.7 Å². The molecule has 0 aromatic heterocycles. The van der Waals surface area contributed by atoms with Gasteiger partial charge in [-0.2, -0.15) is 0 Å². The average molecular weight is 412 g/mol. The van der Waals surface area contributed by atoms with Gasteiger partial charge >= 0.3 is 0 Å². The van der Waals surface area contributed by atoms with Crippen LogP contribution < -0.4 is 10.5 Å². The summed E-state index contributed by atoms with van der Waals surface area (Å²) in [6, 6.07) is 7.72. The standard InChI is InChI=1S/C27H41NO2/c1-5-16-27(28)19(6-2)9-12-21-22-13-14-24(26(22,3)17-15-23(21)27)25(29)18-7-10-20(30-4)11-8-18/h7-8,10-11,19,21-24H,5-6,9,12-17,28H2,1-4H3/t19?,21-,22?,23?,24+,26-,27+/m0/s1. The number of hydrogen-bond acceptors (Lipinski definition) is 3. The van der Waals surface area contributed by atoms with Gasteiger partial charge in [0.15, 0.2) is 5.78 Å². The van der Waals surface area contributed by atoms with Gasteiger partial charge in [-0.15, -0.1) is 0 Å². The van der Waals surface area contributed by atoms with E-state index in [0.29, 0.717) is 29.5 Å². The molecule has 0 saturated heterocycles. The van der Waals surface area contributed by atoms with Crippen LogP contribution in [0.5, 0.6) is 5.75 Å². The number of nitrogens with two attached hydrogens (primary N) is 1. The number of methoxy groups -OCH3 is 1. The fourth-order valence-corrected chi connectivity index (χ4v) is 8.12. The predicted octanol–water partition coefficient (Wildman–Crippen LogP) is 6.25. The number of rotatable bonds is 6. The highest BCUT2D eigenvalue weighted by molar-refractivity contribution is 5.98. The lowest BCUT2D eigenvalue weighted by Gasteiger charge is -2.59. The van der Waals surface area contributed by atoms with Gasteiger partial charge in [-0.3, -0.25) is 4.79 Å². The number of fused-ring (bicyclic) bond motifs is 3. The molecule has 0 bridgehead atoms. The van der Waals surface area contributed by atoms with Gasteiger partial charge in [0.2, 0.25) is 0 Å². The van der Waals surface area contributed by atoms with Gasteiger partial charge in [0.05, 0.1) is 7.11 Å². The molecule has 0 aliphatic heterocycles. The third-order valence-electron chi connectivity index (χ3n) is 9.60. The molecule has 3 saturated carbocycles. The van der Waals surface area contributed by atoms with Crippen molar-refractivity contribution < 1.29 is 9.53 Å². The molecule has 0 heterocycles. The van der Waals surface area contributed by atoms with Crippen molar-refractivity contribution in [3.8, 4) is 5.75 Å². The normalized spacial score (nSPS) is 40.5. The fourth-order valence-electron chi connectivity index (χ4n) is 8.12. The molecule has 0 amide bonds. The Balaban J connectivity index is 1.58. The summed E-state index contributed by atoms with van der Waals surface area (Å²) >= 11 is 0. The van der Waals surface area contributed by atoms with E-state index < -0.39 is 0 Å². The highest BCUT2D eigenvalue weighted by Crippen LogP contribution is 2.64. The lowest BCUT2D eigenvalue weighted by molar-refractivity contribution is -0.0635. The third-order valence-corrected chi connectivity index (χ3v) is 9.60. The van der Waals surface area contributed by atoms with Crippen LogP contribution in [-0.2, 0) is 0 Å². The second-order valence-corrected chi connectivity index (χ2v) is 10.7. The minimum atomic E-state index is 0.00578. The lowest BCUT2D eigenvalue weighted by atomic mass is 9.48. The number of carbonyl (C=O) groups excluding carboxylic acids is 1. The van der Waals surface area contributed by atoms with Gasteiger partial charge < -0.3 is 10.5 Å². The van der Waals surface area contributed by atoms with Crippen molar-refractivity contribution in [2.45, 2.75) is 84.1 Å². The number of carbonyl (C=O) groups is 1. The van der Waals surface area contributed by atoms with Crippen LogP contribution in [0, 0.1) is 35.0 Å². The van der Waals surface area contributed by atoms with E-state index in [2.05, 4.69) is 20.8 Å². The van der Waals surface area contributed by atoms with Crippen LogP contribution in [0.1, 0.15) is 88.9 Å². The predicted molar refractivity (Wildman–Crippen MR) is 123 cm³/mol. The second-order valence-electron chi connectivity index (χ2n) is 10.7. The molecule has 1 aromatic carbocycles. The highest BCUT2D eigenvalue weighted by atomic mass is 16.5. The Labute approximate surface area is 183 Å². The Kier molecular flexibility index (Phi) is 6.05. The molecular formula is C27H41NO2. The first kappa shape index (κ1) is 21.9. The Morgan fingerprint density at radius 2 is 1.80 bits per heavy atom. The first-order chi connectivity index (χ1) is 14.4. The van der Waals surface area contributed by atoms with E-state index in [-0.39, 0.29) is 16.9 Å². The Bertz CT molecular complexity index is 759. The van der Waals surface area contributed by atoms with Gasteiger partial charge in [-0.05, 0) is 98.3 Å². The molecular weight excluding hydrogens is 370 g/mol. The van der Waals surface area contributed by atoms with Crippen molar-refractivity contribution in [1.29, 1.82) is 0 Å². The Hall–Kier alpha value is -1.35. The van der Waals surface area contributed by atoms with Gasteiger partial charge in [-0.25, -0.2) is 0 Å². The zero-order chi connectivity index (χ0) is 21.5. The smallest absolute Gasteiger partial charge is 0.166 e. The van der Waals surface area contributed by atoms with Crippen molar-refractivity contribution in [1.82, 2.24) is 0 Å². The zero-order valence-corrected chi connectivity index (χ0v) is 19.5. The van der Waals surface area contributed by atoms with Gasteiger partial charge in [0, 0.05) is 17.0 Å². The van der Waals surface area contributed by atoms with E-state index in [1.807, 2.05) is 24.3 Å². The minimum Gasteiger partial charge on any atom is -0.497 e. The molecule has 7 atom stereocenters. The van der Waals surface area contributed by atoms with E-state index in [0.717, 1.165) is 30.6 Å². The maximum Gasteiger partial charge on any atom is 0.166 e. The van der Waals surface area contributed by atoms with Crippen LogP contribution >= 0.6 is 0 Å². The van der Waals surface area contributed by atoms with E-state index in [1.54, 1.807) is 7.11 Å².